The van der Waals surface area contributed by atoms with Gasteiger partial charge in [0.05, 0.1) is 6.61 Å². The third-order valence-electron chi connectivity index (χ3n) is 4.87. The summed E-state index contributed by atoms with van der Waals surface area (Å²) in [4.78, 5) is 12.7. The lowest BCUT2D eigenvalue weighted by Gasteiger charge is -2.07. The van der Waals surface area contributed by atoms with E-state index in [1.54, 1.807) is 4.68 Å². The van der Waals surface area contributed by atoms with Crippen molar-refractivity contribution in [1.82, 2.24) is 14.3 Å². The molecule has 3 aromatic carbocycles. The van der Waals surface area contributed by atoms with Gasteiger partial charge in [-0.15, -0.1) is 0 Å². The number of hydrogen-bond donors (Lipinski definition) is 1. The molecular formula is C25H24N4O2S. The summed E-state index contributed by atoms with van der Waals surface area (Å²) in [5.41, 5.74) is 2.73. The molecule has 0 radical (unpaired) electrons. The SMILES string of the molecule is CCOc1ccc(NC(=O)Cn2nc(Cc3ccccc3)n(-c3ccccc3)c2=S)cc1. The second kappa shape index (κ2) is 10.1. The van der Waals surface area contributed by atoms with Gasteiger partial charge in [-0.2, -0.15) is 5.10 Å². The zero-order valence-corrected chi connectivity index (χ0v) is 18.6. The summed E-state index contributed by atoms with van der Waals surface area (Å²) in [6, 6.07) is 27.2. The highest BCUT2D eigenvalue weighted by Crippen LogP contribution is 2.17. The number of aromatic nitrogens is 3. The van der Waals surface area contributed by atoms with Crippen molar-refractivity contribution in [3.05, 3.63) is 101 Å². The fraction of sp³-hybridized carbons (Fsp3) is 0.160. The Morgan fingerprint density at radius 2 is 1.62 bits per heavy atom. The summed E-state index contributed by atoms with van der Waals surface area (Å²) >= 11 is 5.71. The number of anilines is 1. The van der Waals surface area contributed by atoms with E-state index in [9.17, 15) is 4.79 Å². The zero-order valence-electron chi connectivity index (χ0n) is 17.8. The molecule has 0 fully saturated rings. The fourth-order valence-electron chi connectivity index (χ4n) is 3.42. The summed E-state index contributed by atoms with van der Waals surface area (Å²) in [6.07, 6.45) is 0.604. The van der Waals surface area contributed by atoms with Crippen molar-refractivity contribution in [2.75, 3.05) is 11.9 Å². The Labute approximate surface area is 192 Å². The Morgan fingerprint density at radius 1 is 0.969 bits per heavy atom. The molecule has 1 heterocycles. The van der Waals surface area contributed by atoms with E-state index in [4.69, 9.17) is 22.1 Å². The second-order valence-electron chi connectivity index (χ2n) is 7.20. The van der Waals surface area contributed by atoms with Gasteiger partial charge in [0.2, 0.25) is 10.7 Å². The number of nitrogens with zero attached hydrogens (tertiary/aromatic N) is 3. The van der Waals surface area contributed by atoms with E-state index in [1.807, 2.05) is 84.3 Å². The van der Waals surface area contributed by atoms with Crippen LogP contribution < -0.4 is 10.1 Å². The molecule has 1 aromatic heterocycles. The molecule has 0 atom stereocenters. The third-order valence-corrected chi connectivity index (χ3v) is 5.26. The van der Waals surface area contributed by atoms with Crippen molar-refractivity contribution in [3.63, 3.8) is 0 Å². The standard InChI is InChI=1S/C25H24N4O2S/c1-2-31-22-15-13-20(14-16-22)26-24(30)18-28-25(32)29(21-11-7-4-8-12-21)23(27-28)17-19-9-5-3-6-10-19/h3-16H,2,17-18H2,1H3,(H,26,30). The average molecular weight is 445 g/mol. The van der Waals surface area contributed by atoms with Gasteiger partial charge in [0.25, 0.3) is 0 Å². The molecule has 0 bridgehead atoms. The highest BCUT2D eigenvalue weighted by molar-refractivity contribution is 7.71. The Balaban J connectivity index is 1.58. The number of nitrogens with one attached hydrogen (secondary N) is 1. The van der Waals surface area contributed by atoms with Gasteiger partial charge in [-0.05, 0) is 61.1 Å². The van der Waals surface area contributed by atoms with Gasteiger partial charge in [0.1, 0.15) is 18.1 Å². The van der Waals surface area contributed by atoms with Gasteiger partial charge < -0.3 is 10.1 Å². The van der Waals surface area contributed by atoms with Crippen LogP contribution in [-0.2, 0) is 17.8 Å². The molecule has 162 valence electrons. The topological polar surface area (TPSA) is 61.1 Å². The minimum atomic E-state index is -0.200. The molecule has 0 aliphatic rings. The van der Waals surface area contributed by atoms with Gasteiger partial charge in [-0.1, -0.05) is 48.5 Å². The number of ether oxygens (including phenoxy) is 1. The number of amides is 1. The first-order chi connectivity index (χ1) is 15.6. The maximum absolute atomic E-state index is 12.7. The molecule has 4 rings (SSSR count). The number of carbonyl (C=O) groups excluding carboxylic acids is 1. The molecule has 1 amide bonds. The third kappa shape index (κ3) is 5.12. The lowest BCUT2D eigenvalue weighted by atomic mass is 10.1. The number of hydrogen-bond acceptors (Lipinski definition) is 4. The van der Waals surface area contributed by atoms with Gasteiger partial charge in [-0.25, -0.2) is 4.68 Å². The lowest BCUT2D eigenvalue weighted by Crippen LogP contribution is -2.19. The Kier molecular flexibility index (Phi) is 6.77. The second-order valence-corrected chi connectivity index (χ2v) is 7.56. The summed E-state index contributed by atoms with van der Waals surface area (Å²) < 4.78 is 9.41. The molecule has 0 aliphatic heterocycles. The van der Waals surface area contributed by atoms with E-state index in [0.29, 0.717) is 23.5 Å². The molecule has 6 nitrogen and oxygen atoms in total. The van der Waals surface area contributed by atoms with Crippen LogP contribution in [0.4, 0.5) is 5.69 Å². The predicted octanol–water partition coefficient (Wildman–Crippen LogP) is 5.03. The quantitative estimate of drug-likeness (QED) is 0.387. The van der Waals surface area contributed by atoms with Crippen LogP contribution in [0.25, 0.3) is 5.69 Å². The van der Waals surface area contributed by atoms with Gasteiger partial charge in [0, 0.05) is 17.8 Å². The fourth-order valence-corrected chi connectivity index (χ4v) is 3.74. The molecular weight excluding hydrogens is 420 g/mol. The van der Waals surface area contributed by atoms with Gasteiger partial charge in [-0.3, -0.25) is 9.36 Å². The van der Waals surface area contributed by atoms with Crippen LogP contribution in [0.5, 0.6) is 5.75 Å². The van der Waals surface area contributed by atoms with E-state index in [1.165, 1.54) is 0 Å². The Hall–Kier alpha value is -3.71. The van der Waals surface area contributed by atoms with Gasteiger partial charge >= 0.3 is 0 Å². The van der Waals surface area contributed by atoms with E-state index in [2.05, 4.69) is 17.4 Å². The Bertz CT molecular complexity index is 1230. The van der Waals surface area contributed by atoms with Crippen molar-refractivity contribution < 1.29 is 9.53 Å². The largest absolute Gasteiger partial charge is 0.494 e. The van der Waals surface area contributed by atoms with Crippen molar-refractivity contribution in [1.29, 1.82) is 0 Å². The van der Waals surface area contributed by atoms with Crippen molar-refractivity contribution in [3.8, 4) is 11.4 Å². The number of benzene rings is 3. The molecule has 0 saturated heterocycles. The maximum atomic E-state index is 12.7. The first-order valence-corrected chi connectivity index (χ1v) is 10.9. The Morgan fingerprint density at radius 3 is 2.28 bits per heavy atom. The van der Waals surface area contributed by atoms with Crippen molar-refractivity contribution >= 4 is 23.8 Å². The highest BCUT2D eigenvalue weighted by atomic mass is 32.1. The first kappa shape index (κ1) is 21.5. The zero-order chi connectivity index (χ0) is 22.3. The maximum Gasteiger partial charge on any atom is 0.246 e. The van der Waals surface area contributed by atoms with Crippen LogP contribution in [0.2, 0.25) is 0 Å². The van der Waals surface area contributed by atoms with E-state index in [0.717, 1.165) is 22.8 Å². The number of rotatable bonds is 8. The summed E-state index contributed by atoms with van der Waals surface area (Å²) in [5.74, 6) is 1.34. The number of carbonyl (C=O) groups is 1. The van der Waals surface area contributed by atoms with Crippen LogP contribution in [0.15, 0.2) is 84.9 Å². The smallest absolute Gasteiger partial charge is 0.246 e. The molecule has 7 heteroatoms. The minimum Gasteiger partial charge on any atom is -0.494 e. The minimum absolute atomic E-state index is 0.0215. The summed E-state index contributed by atoms with van der Waals surface area (Å²) in [5, 5.41) is 7.59. The molecule has 32 heavy (non-hydrogen) atoms. The molecule has 1 N–H and O–H groups in total. The van der Waals surface area contributed by atoms with Crippen LogP contribution in [0.1, 0.15) is 18.3 Å². The van der Waals surface area contributed by atoms with Gasteiger partial charge in [0.15, 0.2) is 0 Å². The van der Waals surface area contributed by atoms with Crippen molar-refractivity contribution in [2.24, 2.45) is 0 Å². The van der Waals surface area contributed by atoms with Crippen LogP contribution in [-0.4, -0.2) is 26.9 Å². The first-order valence-electron chi connectivity index (χ1n) is 10.4. The molecule has 0 saturated carbocycles. The van der Waals surface area contributed by atoms with E-state index in [-0.39, 0.29) is 12.5 Å². The van der Waals surface area contributed by atoms with Crippen LogP contribution in [0, 0.1) is 4.77 Å². The molecule has 0 spiro atoms. The number of para-hydroxylation sites is 1. The summed E-state index contributed by atoms with van der Waals surface area (Å²) in [6.45, 7) is 2.55. The lowest BCUT2D eigenvalue weighted by molar-refractivity contribution is -0.116. The van der Waals surface area contributed by atoms with Crippen LogP contribution in [0.3, 0.4) is 0 Å². The van der Waals surface area contributed by atoms with E-state index >= 15 is 0 Å². The van der Waals surface area contributed by atoms with Crippen molar-refractivity contribution in [2.45, 2.75) is 19.9 Å². The highest BCUT2D eigenvalue weighted by Gasteiger charge is 2.15. The predicted molar refractivity (Wildman–Crippen MR) is 128 cm³/mol. The molecule has 0 aliphatic carbocycles. The average Bonchev–Trinajstić information content (AvgIpc) is 3.11. The van der Waals surface area contributed by atoms with E-state index < -0.39 is 0 Å². The molecule has 4 aromatic rings. The van der Waals surface area contributed by atoms with Crippen LogP contribution >= 0.6 is 12.2 Å². The monoisotopic (exact) mass is 444 g/mol. The summed E-state index contributed by atoms with van der Waals surface area (Å²) in [7, 11) is 0. The molecule has 0 unspecified atom stereocenters. The normalized spacial score (nSPS) is 10.7.